The Balaban J connectivity index is 0.000000219. The Morgan fingerprint density at radius 1 is 0.717 bits per heavy atom. The summed E-state index contributed by atoms with van der Waals surface area (Å²) in [6.07, 6.45) is 11.3. The SMILES string of the molecule is C/C=C/c1nccc(Nc2cc(C)[nH]n2)n1.C=Cc1ccc(/C=C/c2nc(Nc3cc(C)[nH]n3)cc(N3CCN(C)CC3)n2)cc1. The van der Waals surface area contributed by atoms with Crippen molar-refractivity contribution in [2.24, 2.45) is 0 Å². The van der Waals surface area contributed by atoms with Gasteiger partial charge in [0.25, 0.3) is 0 Å². The molecule has 0 saturated carbocycles. The van der Waals surface area contributed by atoms with E-state index >= 15 is 0 Å². The molecule has 1 aromatic carbocycles. The molecule has 46 heavy (non-hydrogen) atoms. The second-order valence-corrected chi connectivity index (χ2v) is 10.9. The zero-order valence-corrected chi connectivity index (χ0v) is 26.7. The quantitative estimate of drug-likeness (QED) is 0.154. The van der Waals surface area contributed by atoms with Crippen molar-refractivity contribution in [3.8, 4) is 0 Å². The maximum atomic E-state index is 4.80. The molecule has 1 saturated heterocycles. The summed E-state index contributed by atoms with van der Waals surface area (Å²) in [5, 5.41) is 20.5. The number of hydrogen-bond acceptors (Lipinski definition) is 10. The molecule has 0 bridgehead atoms. The Kier molecular flexibility index (Phi) is 10.6. The van der Waals surface area contributed by atoms with Gasteiger partial charge >= 0.3 is 0 Å². The second kappa shape index (κ2) is 15.4. The fourth-order valence-electron chi connectivity index (χ4n) is 4.60. The van der Waals surface area contributed by atoms with Gasteiger partial charge in [0.2, 0.25) is 0 Å². The van der Waals surface area contributed by atoms with E-state index in [9.17, 15) is 0 Å². The number of H-pyrrole nitrogens is 2. The lowest BCUT2D eigenvalue weighted by molar-refractivity contribution is 0.312. The lowest BCUT2D eigenvalue weighted by Gasteiger charge is -2.33. The molecule has 0 amide bonds. The van der Waals surface area contributed by atoms with Gasteiger partial charge in [-0.3, -0.25) is 10.2 Å². The molecule has 0 aliphatic carbocycles. The first kappa shape index (κ1) is 31.8. The summed E-state index contributed by atoms with van der Waals surface area (Å²) in [6, 6.07) is 15.9. The van der Waals surface area contributed by atoms with Gasteiger partial charge in [-0.15, -0.1) is 0 Å². The average Bonchev–Trinajstić information content (AvgIpc) is 3.67. The van der Waals surface area contributed by atoms with Crippen LogP contribution < -0.4 is 15.5 Å². The van der Waals surface area contributed by atoms with Gasteiger partial charge in [-0.1, -0.05) is 49.1 Å². The molecule has 4 N–H and O–H groups in total. The van der Waals surface area contributed by atoms with Crippen LogP contribution >= 0.6 is 0 Å². The summed E-state index contributed by atoms with van der Waals surface area (Å²) in [5.41, 5.74) is 4.19. The van der Waals surface area contributed by atoms with Crippen molar-refractivity contribution in [2.75, 3.05) is 48.8 Å². The van der Waals surface area contributed by atoms with Crippen molar-refractivity contribution in [2.45, 2.75) is 20.8 Å². The highest BCUT2D eigenvalue weighted by Gasteiger charge is 2.17. The molecule has 12 heteroatoms. The number of aromatic amines is 2. The fraction of sp³-hybridized carbons (Fsp3) is 0.235. The Morgan fingerprint density at radius 2 is 1.35 bits per heavy atom. The number of hydrogen-bond donors (Lipinski definition) is 4. The van der Waals surface area contributed by atoms with E-state index in [1.807, 2.05) is 81.5 Å². The third kappa shape index (κ3) is 9.19. The molecule has 0 atom stereocenters. The number of likely N-dealkylation sites (N-methyl/N-ethyl adjacent to an activating group) is 1. The molecule has 236 valence electrons. The van der Waals surface area contributed by atoms with Crippen LogP contribution in [0.2, 0.25) is 0 Å². The second-order valence-electron chi connectivity index (χ2n) is 10.9. The first-order valence-corrected chi connectivity index (χ1v) is 15.1. The maximum absolute atomic E-state index is 4.80. The number of rotatable bonds is 9. The predicted molar refractivity (Wildman–Crippen MR) is 187 cm³/mol. The summed E-state index contributed by atoms with van der Waals surface area (Å²) in [4.78, 5) is 22.5. The van der Waals surface area contributed by atoms with Crippen LogP contribution in [0.1, 0.15) is 41.1 Å². The zero-order valence-electron chi connectivity index (χ0n) is 26.7. The molecule has 5 aromatic rings. The van der Waals surface area contributed by atoms with Crippen LogP contribution in [-0.2, 0) is 0 Å². The minimum atomic E-state index is 0.661. The molecular formula is C34H40N12. The third-order valence-electron chi connectivity index (χ3n) is 7.07. The van der Waals surface area contributed by atoms with Gasteiger partial charge in [-0.05, 0) is 57.2 Å². The zero-order chi connectivity index (χ0) is 32.3. The lowest BCUT2D eigenvalue weighted by atomic mass is 10.1. The number of nitrogens with zero attached hydrogens (tertiary/aromatic N) is 8. The van der Waals surface area contributed by atoms with Gasteiger partial charge in [-0.25, -0.2) is 19.9 Å². The van der Waals surface area contributed by atoms with E-state index in [1.54, 1.807) is 12.3 Å². The number of piperazine rings is 1. The van der Waals surface area contributed by atoms with Crippen LogP contribution in [-0.4, -0.2) is 78.5 Å². The molecule has 1 aliphatic heterocycles. The van der Waals surface area contributed by atoms with Gasteiger partial charge in [-0.2, -0.15) is 10.2 Å². The molecule has 0 radical (unpaired) electrons. The largest absolute Gasteiger partial charge is 0.354 e. The van der Waals surface area contributed by atoms with Crippen LogP contribution in [0.15, 0.2) is 67.4 Å². The maximum Gasteiger partial charge on any atom is 0.156 e. The van der Waals surface area contributed by atoms with E-state index < -0.39 is 0 Å². The first-order valence-electron chi connectivity index (χ1n) is 15.1. The monoisotopic (exact) mass is 616 g/mol. The van der Waals surface area contributed by atoms with Crippen LogP contribution in [0.5, 0.6) is 0 Å². The minimum absolute atomic E-state index is 0.661. The number of aryl methyl sites for hydroxylation is 2. The van der Waals surface area contributed by atoms with Crippen molar-refractivity contribution in [3.63, 3.8) is 0 Å². The molecule has 1 fully saturated rings. The average molecular weight is 617 g/mol. The van der Waals surface area contributed by atoms with Crippen molar-refractivity contribution in [1.29, 1.82) is 0 Å². The third-order valence-corrected chi connectivity index (χ3v) is 7.07. The van der Waals surface area contributed by atoms with Crippen LogP contribution in [0, 0.1) is 13.8 Å². The molecule has 0 unspecified atom stereocenters. The van der Waals surface area contributed by atoms with E-state index in [-0.39, 0.29) is 0 Å². The van der Waals surface area contributed by atoms with Crippen molar-refractivity contribution >= 4 is 53.4 Å². The summed E-state index contributed by atoms with van der Waals surface area (Å²) in [5.74, 6) is 5.22. The Morgan fingerprint density at radius 3 is 1.96 bits per heavy atom. The number of nitrogens with one attached hydrogen (secondary N) is 4. The van der Waals surface area contributed by atoms with Crippen LogP contribution in [0.3, 0.4) is 0 Å². The summed E-state index contributed by atoms with van der Waals surface area (Å²) < 4.78 is 0. The van der Waals surface area contributed by atoms with Crippen molar-refractivity contribution < 1.29 is 0 Å². The number of benzene rings is 1. The van der Waals surface area contributed by atoms with Crippen LogP contribution in [0.25, 0.3) is 24.3 Å². The standard InChI is InChI=1S/C23H27N7.C11H13N5/c1-4-18-5-7-19(8-6-18)9-10-20-24-21(25-22-15-17(2)27-28-22)16-23(26-20)30-13-11-29(3)12-14-30;1-3-4-9-12-6-5-10(13-9)14-11-7-8(2)15-16-11/h4-10,15-16H,1,11-14H2,2-3H3,(H2,24,25,26,27,28);3-7H,1-2H3,(H2,12,13,14,15,16)/b10-9+;4-3+. The number of allylic oxidation sites excluding steroid dienone is 1. The highest BCUT2D eigenvalue weighted by atomic mass is 15.3. The van der Waals surface area contributed by atoms with Gasteiger partial charge in [0, 0.05) is 62.0 Å². The van der Waals surface area contributed by atoms with E-state index in [0.717, 1.165) is 77.8 Å². The van der Waals surface area contributed by atoms with Crippen LogP contribution in [0.4, 0.5) is 29.1 Å². The van der Waals surface area contributed by atoms with Crippen molar-refractivity contribution in [1.82, 2.24) is 45.2 Å². The molecule has 5 heterocycles. The van der Waals surface area contributed by atoms with E-state index in [4.69, 9.17) is 4.98 Å². The minimum Gasteiger partial charge on any atom is -0.354 e. The number of anilines is 5. The Hall–Kier alpha value is -5.62. The Bertz CT molecular complexity index is 1780. The van der Waals surface area contributed by atoms with Crippen molar-refractivity contribution in [3.05, 3.63) is 102 Å². The molecule has 4 aromatic heterocycles. The van der Waals surface area contributed by atoms with Gasteiger partial charge in [0.1, 0.15) is 17.5 Å². The van der Waals surface area contributed by atoms with E-state index in [2.05, 4.69) is 81.5 Å². The highest BCUT2D eigenvalue weighted by Crippen LogP contribution is 2.22. The van der Waals surface area contributed by atoms with E-state index in [1.165, 1.54) is 0 Å². The summed E-state index contributed by atoms with van der Waals surface area (Å²) >= 11 is 0. The summed E-state index contributed by atoms with van der Waals surface area (Å²) in [7, 11) is 2.15. The molecule has 0 spiro atoms. The predicted octanol–water partition coefficient (Wildman–Crippen LogP) is 6.10. The lowest BCUT2D eigenvalue weighted by Crippen LogP contribution is -2.44. The Labute approximate surface area is 269 Å². The molecular weight excluding hydrogens is 576 g/mol. The first-order chi connectivity index (χ1) is 22.4. The number of aromatic nitrogens is 8. The normalized spacial score (nSPS) is 13.5. The molecule has 12 nitrogen and oxygen atoms in total. The molecule has 6 rings (SSSR count). The smallest absolute Gasteiger partial charge is 0.156 e. The molecule has 1 aliphatic rings. The summed E-state index contributed by atoms with van der Waals surface area (Å²) in [6.45, 7) is 13.6. The van der Waals surface area contributed by atoms with Gasteiger partial charge in [0.15, 0.2) is 23.3 Å². The highest BCUT2D eigenvalue weighted by molar-refractivity contribution is 5.69. The van der Waals surface area contributed by atoms with E-state index in [0.29, 0.717) is 11.6 Å². The topological polar surface area (TPSA) is 139 Å². The fourth-order valence-corrected chi connectivity index (χ4v) is 4.60. The van der Waals surface area contributed by atoms with Gasteiger partial charge < -0.3 is 20.4 Å². The van der Waals surface area contributed by atoms with Gasteiger partial charge in [0.05, 0.1) is 0 Å².